The summed E-state index contributed by atoms with van der Waals surface area (Å²) in [6, 6.07) is 1.85. The zero-order chi connectivity index (χ0) is 20.3. The van der Waals surface area contributed by atoms with Crippen LogP contribution in [0.5, 0.6) is 0 Å². The van der Waals surface area contributed by atoms with Gasteiger partial charge in [-0.2, -0.15) is 8.78 Å². The van der Waals surface area contributed by atoms with Crippen LogP contribution in [0.4, 0.5) is 23.5 Å². The molecule has 2 heterocycles. The summed E-state index contributed by atoms with van der Waals surface area (Å²) in [6.45, 7) is 0. The van der Waals surface area contributed by atoms with Crippen molar-refractivity contribution in [3.8, 4) is 11.5 Å². The lowest BCUT2D eigenvalue weighted by Crippen LogP contribution is -2.19. The quantitative estimate of drug-likeness (QED) is 0.584. The van der Waals surface area contributed by atoms with Crippen LogP contribution in [0.15, 0.2) is 35.0 Å². The molecule has 8 nitrogen and oxygen atoms in total. The van der Waals surface area contributed by atoms with Crippen molar-refractivity contribution in [2.45, 2.75) is 18.9 Å². The number of nitrogens with one attached hydrogen (secondary N) is 1. The van der Waals surface area contributed by atoms with E-state index in [1.807, 2.05) is 0 Å². The second-order valence-electron chi connectivity index (χ2n) is 5.47. The van der Waals surface area contributed by atoms with Crippen LogP contribution in [0.1, 0.15) is 30.3 Å². The number of hydrogen-bond donors (Lipinski definition) is 2. The van der Waals surface area contributed by atoms with Gasteiger partial charge < -0.3 is 14.8 Å². The monoisotopic (exact) mass is 397 g/mol. The van der Waals surface area contributed by atoms with E-state index in [1.54, 1.807) is 0 Å². The molecule has 1 atom stereocenters. The van der Waals surface area contributed by atoms with Gasteiger partial charge in [0.25, 0.3) is 11.8 Å². The second-order valence-corrected chi connectivity index (χ2v) is 5.47. The smallest absolute Gasteiger partial charge is 0.314 e. The predicted octanol–water partition coefficient (Wildman–Crippen LogP) is 3.37. The number of anilines is 1. The second kappa shape index (κ2) is 7.98. The standard InChI is InChI=1S/C16H11F4N5O3/c17-8-2-1-3-9(18)12(8)10(4-11(26)27)23-16-21-5-7(6-22-16)14-24-25-15(28-14)13(19)20/h1-3,5-6,10,13H,4H2,(H,26,27)(H,21,22,23). The van der Waals surface area contributed by atoms with Gasteiger partial charge in [-0.1, -0.05) is 6.07 Å². The molecule has 0 radical (unpaired) electrons. The summed E-state index contributed by atoms with van der Waals surface area (Å²) in [6.07, 6.45) is -1.29. The van der Waals surface area contributed by atoms with Gasteiger partial charge in [0.15, 0.2) is 0 Å². The van der Waals surface area contributed by atoms with Gasteiger partial charge in [-0.05, 0) is 12.1 Å². The number of carboxylic acid groups (broad SMARTS) is 1. The van der Waals surface area contributed by atoms with Gasteiger partial charge in [-0.25, -0.2) is 18.7 Å². The van der Waals surface area contributed by atoms with Crippen molar-refractivity contribution in [2.75, 3.05) is 5.32 Å². The molecule has 146 valence electrons. The summed E-state index contributed by atoms with van der Waals surface area (Å²) >= 11 is 0. The Labute approximate surface area is 154 Å². The molecule has 0 fully saturated rings. The van der Waals surface area contributed by atoms with Crippen LogP contribution in [0, 0.1) is 11.6 Å². The average molecular weight is 397 g/mol. The molecule has 12 heteroatoms. The summed E-state index contributed by atoms with van der Waals surface area (Å²) in [5.74, 6) is -4.42. The first-order valence-electron chi connectivity index (χ1n) is 7.71. The number of carboxylic acids is 1. The van der Waals surface area contributed by atoms with E-state index in [1.165, 1.54) is 0 Å². The molecule has 0 saturated carbocycles. The first kappa shape index (κ1) is 19.2. The number of alkyl halides is 2. The number of nitrogens with zero attached hydrogens (tertiary/aromatic N) is 4. The third-order valence-electron chi connectivity index (χ3n) is 3.56. The van der Waals surface area contributed by atoms with E-state index < -0.39 is 47.9 Å². The lowest BCUT2D eigenvalue weighted by atomic mass is 10.0. The minimum atomic E-state index is -2.93. The van der Waals surface area contributed by atoms with Crippen LogP contribution in [0.25, 0.3) is 11.5 Å². The number of benzene rings is 1. The minimum Gasteiger partial charge on any atom is -0.481 e. The SMILES string of the molecule is O=C(O)CC(Nc1ncc(-c2nnc(C(F)F)o2)cn1)c1c(F)cccc1F. The molecule has 1 aromatic carbocycles. The third-order valence-corrected chi connectivity index (χ3v) is 3.56. The van der Waals surface area contributed by atoms with Crippen LogP contribution in [0.2, 0.25) is 0 Å². The van der Waals surface area contributed by atoms with Gasteiger partial charge >= 0.3 is 12.4 Å². The van der Waals surface area contributed by atoms with Crippen molar-refractivity contribution in [3.63, 3.8) is 0 Å². The molecule has 0 bridgehead atoms. The highest BCUT2D eigenvalue weighted by Crippen LogP contribution is 2.27. The number of aliphatic carboxylic acids is 1. The predicted molar refractivity (Wildman–Crippen MR) is 85.3 cm³/mol. The van der Waals surface area contributed by atoms with Gasteiger partial charge in [0.2, 0.25) is 5.95 Å². The van der Waals surface area contributed by atoms with Crippen molar-refractivity contribution in [3.05, 3.63) is 53.7 Å². The van der Waals surface area contributed by atoms with Gasteiger partial charge in [-0.15, -0.1) is 10.2 Å². The summed E-state index contributed by atoms with van der Waals surface area (Å²) in [7, 11) is 0. The maximum atomic E-state index is 14.0. The molecule has 0 aliphatic carbocycles. The van der Waals surface area contributed by atoms with Gasteiger partial charge in [0.05, 0.1) is 18.0 Å². The molecule has 2 aromatic heterocycles. The summed E-state index contributed by atoms with van der Waals surface area (Å²) in [5, 5.41) is 18.2. The molecule has 3 aromatic rings. The number of rotatable bonds is 7. The van der Waals surface area contributed by atoms with E-state index in [2.05, 4.69) is 25.5 Å². The van der Waals surface area contributed by atoms with Crippen LogP contribution in [-0.2, 0) is 4.79 Å². The van der Waals surface area contributed by atoms with Crippen molar-refractivity contribution in [1.29, 1.82) is 0 Å². The molecule has 0 aliphatic rings. The molecule has 0 saturated heterocycles. The number of carbonyl (C=O) groups is 1. The van der Waals surface area contributed by atoms with Crippen molar-refractivity contribution >= 4 is 11.9 Å². The Balaban J connectivity index is 1.84. The Morgan fingerprint density at radius 3 is 2.32 bits per heavy atom. The van der Waals surface area contributed by atoms with Gasteiger partial charge in [0, 0.05) is 18.0 Å². The summed E-state index contributed by atoms with van der Waals surface area (Å²) < 4.78 is 57.7. The van der Waals surface area contributed by atoms with E-state index in [4.69, 9.17) is 9.52 Å². The fraction of sp³-hybridized carbons (Fsp3) is 0.188. The highest BCUT2D eigenvalue weighted by atomic mass is 19.3. The molecule has 3 rings (SSSR count). The Morgan fingerprint density at radius 2 is 1.79 bits per heavy atom. The molecule has 28 heavy (non-hydrogen) atoms. The zero-order valence-electron chi connectivity index (χ0n) is 13.8. The van der Waals surface area contributed by atoms with Gasteiger partial charge in [-0.3, -0.25) is 4.79 Å². The number of halogens is 4. The average Bonchev–Trinajstić information content (AvgIpc) is 3.12. The van der Waals surface area contributed by atoms with E-state index in [9.17, 15) is 22.4 Å². The Hall–Kier alpha value is -3.57. The first-order valence-corrected chi connectivity index (χ1v) is 7.71. The maximum Gasteiger partial charge on any atom is 0.314 e. The Kier molecular flexibility index (Phi) is 5.47. The fourth-order valence-corrected chi connectivity index (χ4v) is 2.35. The van der Waals surface area contributed by atoms with Crippen molar-refractivity contribution in [2.24, 2.45) is 0 Å². The van der Waals surface area contributed by atoms with E-state index in [0.29, 0.717) is 0 Å². The lowest BCUT2D eigenvalue weighted by Gasteiger charge is -2.18. The van der Waals surface area contributed by atoms with Crippen LogP contribution in [-0.4, -0.2) is 31.2 Å². The fourth-order valence-electron chi connectivity index (χ4n) is 2.35. The minimum absolute atomic E-state index is 0.122. The van der Waals surface area contributed by atoms with E-state index in [-0.39, 0.29) is 17.4 Å². The normalized spacial score (nSPS) is 12.2. The largest absolute Gasteiger partial charge is 0.481 e. The van der Waals surface area contributed by atoms with Crippen LogP contribution < -0.4 is 5.32 Å². The lowest BCUT2D eigenvalue weighted by molar-refractivity contribution is -0.137. The zero-order valence-corrected chi connectivity index (χ0v) is 13.8. The van der Waals surface area contributed by atoms with Crippen molar-refractivity contribution in [1.82, 2.24) is 20.2 Å². The third kappa shape index (κ3) is 4.22. The van der Waals surface area contributed by atoms with Crippen LogP contribution in [0.3, 0.4) is 0 Å². The van der Waals surface area contributed by atoms with E-state index in [0.717, 1.165) is 30.6 Å². The van der Waals surface area contributed by atoms with Crippen molar-refractivity contribution < 1.29 is 31.9 Å². The van der Waals surface area contributed by atoms with E-state index >= 15 is 0 Å². The Morgan fingerprint density at radius 1 is 1.14 bits per heavy atom. The molecular formula is C16H11F4N5O3. The maximum absolute atomic E-state index is 14.0. The highest BCUT2D eigenvalue weighted by molar-refractivity contribution is 5.68. The molecule has 0 spiro atoms. The molecule has 1 unspecified atom stereocenters. The van der Waals surface area contributed by atoms with Crippen LogP contribution >= 0.6 is 0 Å². The molecular weight excluding hydrogens is 386 g/mol. The number of aromatic nitrogens is 4. The first-order chi connectivity index (χ1) is 13.3. The Bertz CT molecular complexity index is 960. The molecule has 0 amide bonds. The number of hydrogen-bond acceptors (Lipinski definition) is 7. The van der Waals surface area contributed by atoms with Gasteiger partial charge in [0.1, 0.15) is 11.6 Å². The molecule has 2 N–H and O–H groups in total. The summed E-state index contributed by atoms with van der Waals surface area (Å²) in [5.41, 5.74) is -0.354. The highest BCUT2D eigenvalue weighted by Gasteiger charge is 2.24. The summed E-state index contributed by atoms with van der Waals surface area (Å²) in [4.78, 5) is 18.8. The molecule has 0 aliphatic heterocycles. The topological polar surface area (TPSA) is 114 Å².